The molecule has 0 fully saturated rings. The summed E-state index contributed by atoms with van der Waals surface area (Å²) in [6, 6.07) is 3.93. The van der Waals surface area contributed by atoms with Crippen molar-refractivity contribution in [2.45, 2.75) is 13.3 Å². The van der Waals surface area contributed by atoms with E-state index in [-0.39, 0.29) is 0 Å². The SMILES string of the molecule is CCc1nc(C=O)c2ccc(N(C)C)cn12. The number of aldehydes is 1. The van der Waals surface area contributed by atoms with E-state index in [1.807, 2.05) is 48.6 Å². The Bertz CT molecular complexity index is 528. The smallest absolute Gasteiger partial charge is 0.170 e. The molecule has 0 aromatic carbocycles. The fourth-order valence-electron chi connectivity index (χ4n) is 1.76. The molecule has 16 heavy (non-hydrogen) atoms. The van der Waals surface area contributed by atoms with E-state index in [1.54, 1.807) is 0 Å². The summed E-state index contributed by atoms with van der Waals surface area (Å²) in [7, 11) is 3.98. The summed E-state index contributed by atoms with van der Waals surface area (Å²) < 4.78 is 1.99. The molecular formula is C12H15N3O. The van der Waals surface area contributed by atoms with Gasteiger partial charge in [-0.05, 0) is 12.1 Å². The second-order valence-corrected chi connectivity index (χ2v) is 3.92. The Hall–Kier alpha value is -1.84. The van der Waals surface area contributed by atoms with Crippen LogP contribution in [0.3, 0.4) is 0 Å². The highest BCUT2D eigenvalue weighted by Gasteiger charge is 2.09. The minimum Gasteiger partial charge on any atom is -0.376 e. The molecule has 0 spiro atoms. The number of fused-ring (bicyclic) bond motifs is 1. The van der Waals surface area contributed by atoms with Crippen molar-refractivity contribution in [3.63, 3.8) is 0 Å². The van der Waals surface area contributed by atoms with Gasteiger partial charge >= 0.3 is 0 Å². The number of carbonyl (C=O) groups is 1. The number of pyridine rings is 1. The average molecular weight is 217 g/mol. The number of carbonyl (C=O) groups excluding carboxylic acids is 1. The van der Waals surface area contributed by atoms with Crippen LogP contribution in [-0.2, 0) is 6.42 Å². The van der Waals surface area contributed by atoms with Crippen LogP contribution in [0.25, 0.3) is 5.52 Å². The van der Waals surface area contributed by atoms with Gasteiger partial charge in [0.1, 0.15) is 11.5 Å². The summed E-state index contributed by atoms with van der Waals surface area (Å²) in [4.78, 5) is 17.2. The van der Waals surface area contributed by atoms with Crippen LogP contribution in [0.15, 0.2) is 18.3 Å². The zero-order valence-corrected chi connectivity index (χ0v) is 9.77. The maximum atomic E-state index is 10.9. The third-order valence-corrected chi connectivity index (χ3v) is 2.67. The van der Waals surface area contributed by atoms with Gasteiger partial charge in [0.2, 0.25) is 0 Å². The molecule has 0 saturated carbocycles. The Labute approximate surface area is 94.5 Å². The van der Waals surface area contributed by atoms with E-state index in [0.717, 1.165) is 29.7 Å². The molecule has 0 amide bonds. The van der Waals surface area contributed by atoms with Crippen LogP contribution in [0.2, 0.25) is 0 Å². The van der Waals surface area contributed by atoms with Crippen LogP contribution in [-0.4, -0.2) is 29.8 Å². The Morgan fingerprint density at radius 2 is 2.19 bits per heavy atom. The lowest BCUT2D eigenvalue weighted by molar-refractivity contribution is 0.112. The highest BCUT2D eigenvalue weighted by Crippen LogP contribution is 2.18. The Morgan fingerprint density at radius 3 is 2.75 bits per heavy atom. The number of aromatic nitrogens is 2. The van der Waals surface area contributed by atoms with Crippen LogP contribution in [0.4, 0.5) is 5.69 Å². The van der Waals surface area contributed by atoms with Gasteiger partial charge in [-0.1, -0.05) is 6.92 Å². The first-order valence-electron chi connectivity index (χ1n) is 5.31. The molecule has 0 N–H and O–H groups in total. The van der Waals surface area contributed by atoms with Crippen LogP contribution < -0.4 is 4.90 Å². The van der Waals surface area contributed by atoms with Gasteiger partial charge in [0, 0.05) is 26.7 Å². The molecule has 4 nitrogen and oxygen atoms in total. The van der Waals surface area contributed by atoms with E-state index < -0.39 is 0 Å². The predicted octanol–water partition coefficient (Wildman–Crippen LogP) is 1.78. The summed E-state index contributed by atoms with van der Waals surface area (Å²) in [6.45, 7) is 2.03. The van der Waals surface area contributed by atoms with Gasteiger partial charge in [-0.3, -0.25) is 4.79 Å². The fraction of sp³-hybridized carbons (Fsp3) is 0.333. The van der Waals surface area contributed by atoms with Gasteiger partial charge in [-0.2, -0.15) is 0 Å². The molecule has 2 aromatic heterocycles. The van der Waals surface area contributed by atoms with Crippen molar-refractivity contribution >= 4 is 17.5 Å². The number of aryl methyl sites for hydroxylation is 1. The Kier molecular flexibility index (Phi) is 2.64. The Balaban J connectivity index is 2.71. The average Bonchev–Trinajstić information content (AvgIpc) is 2.65. The van der Waals surface area contributed by atoms with E-state index in [2.05, 4.69) is 4.98 Å². The van der Waals surface area contributed by atoms with Crippen LogP contribution in [0.5, 0.6) is 0 Å². The van der Waals surface area contributed by atoms with Gasteiger partial charge in [0.25, 0.3) is 0 Å². The van der Waals surface area contributed by atoms with Crippen molar-refractivity contribution in [1.82, 2.24) is 9.38 Å². The van der Waals surface area contributed by atoms with E-state index in [9.17, 15) is 4.79 Å². The lowest BCUT2D eigenvalue weighted by Gasteiger charge is -2.12. The van der Waals surface area contributed by atoms with Gasteiger partial charge in [0.15, 0.2) is 6.29 Å². The molecule has 2 aromatic rings. The molecule has 0 saturated heterocycles. The normalized spacial score (nSPS) is 10.7. The summed E-state index contributed by atoms with van der Waals surface area (Å²) in [5.41, 5.74) is 2.48. The molecule has 0 aliphatic rings. The van der Waals surface area contributed by atoms with E-state index in [1.165, 1.54) is 0 Å². The molecule has 84 valence electrons. The second kappa shape index (κ2) is 3.96. The van der Waals surface area contributed by atoms with Crippen molar-refractivity contribution in [1.29, 1.82) is 0 Å². The second-order valence-electron chi connectivity index (χ2n) is 3.92. The summed E-state index contributed by atoms with van der Waals surface area (Å²) in [5.74, 6) is 0.917. The van der Waals surface area contributed by atoms with Crippen LogP contribution >= 0.6 is 0 Å². The van der Waals surface area contributed by atoms with Crippen LogP contribution in [0, 0.1) is 0 Å². The topological polar surface area (TPSA) is 37.6 Å². The molecule has 0 atom stereocenters. The van der Waals surface area contributed by atoms with Gasteiger partial charge in [-0.25, -0.2) is 4.98 Å². The Morgan fingerprint density at radius 1 is 1.44 bits per heavy atom. The third kappa shape index (κ3) is 1.56. The van der Waals surface area contributed by atoms with Gasteiger partial charge in [0.05, 0.1) is 11.2 Å². The summed E-state index contributed by atoms with van der Waals surface area (Å²) in [6.07, 6.45) is 3.63. The molecule has 2 heterocycles. The monoisotopic (exact) mass is 217 g/mol. The molecular weight excluding hydrogens is 202 g/mol. The summed E-state index contributed by atoms with van der Waals surface area (Å²) in [5, 5.41) is 0. The predicted molar refractivity (Wildman–Crippen MR) is 64.3 cm³/mol. The molecule has 0 aliphatic carbocycles. The first-order chi connectivity index (χ1) is 7.67. The maximum absolute atomic E-state index is 10.9. The molecule has 4 heteroatoms. The van der Waals surface area contributed by atoms with Gasteiger partial charge < -0.3 is 9.30 Å². The van der Waals surface area contributed by atoms with E-state index >= 15 is 0 Å². The highest BCUT2D eigenvalue weighted by atomic mass is 16.1. The molecule has 0 unspecified atom stereocenters. The maximum Gasteiger partial charge on any atom is 0.170 e. The first-order valence-corrected chi connectivity index (χ1v) is 5.31. The zero-order chi connectivity index (χ0) is 11.7. The minimum absolute atomic E-state index is 0.516. The minimum atomic E-state index is 0.516. The lowest BCUT2D eigenvalue weighted by atomic mass is 10.3. The van der Waals surface area contributed by atoms with Crippen LogP contribution in [0.1, 0.15) is 23.2 Å². The number of anilines is 1. The molecule has 0 bridgehead atoms. The van der Waals surface area contributed by atoms with Crippen molar-refractivity contribution < 1.29 is 4.79 Å². The first kappa shape index (κ1) is 10.7. The lowest BCUT2D eigenvalue weighted by Crippen LogP contribution is -2.09. The molecule has 0 aliphatic heterocycles. The van der Waals surface area contributed by atoms with Crippen molar-refractivity contribution in [3.05, 3.63) is 29.8 Å². The number of rotatable bonds is 3. The van der Waals surface area contributed by atoms with Crippen molar-refractivity contribution in [2.75, 3.05) is 19.0 Å². The summed E-state index contributed by atoms with van der Waals surface area (Å²) >= 11 is 0. The number of nitrogens with zero attached hydrogens (tertiary/aromatic N) is 3. The standard InChI is InChI=1S/C12H15N3O/c1-4-12-13-10(8-16)11-6-5-9(14(2)3)7-15(11)12/h5-8H,4H2,1-3H3. The van der Waals surface area contributed by atoms with Crippen molar-refractivity contribution in [2.24, 2.45) is 0 Å². The third-order valence-electron chi connectivity index (χ3n) is 2.67. The van der Waals surface area contributed by atoms with E-state index in [4.69, 9.17) is 0 Å². The molecule has 2 rings (SSSR count). The quantitative estimate of drug-likeness (QED) is 0.735. The van der Waals surface area contributed by atoms with E-state index in [0.29, 0.717) is 5.69 Å². The number of hydrogen-bond acceptors (Lipinski definition) is 3. The largest absolute Gasteiger partial charge is 0.376 e. The number of imidazole rings is 1. The number of hydrogen-bond donors (Lipinski definition) is 0. The zero-order valence-electron chi connectivity index (χ0n) is 9.77. The molecule has 0 radical (unpaired) electrons. The van der Waals surface area contributed by atoms with Crippen molar-refractivity contribution in [3.8, 4) is 0 Å². The highest BCUT2D eigenvalue weighted by molar-refractivity contribution is 5.84. The van der Waals surface area contributed by atoms with Gasteiger partial charge in [-0.15, -0.1) is 0 Å². The fourth-order valence-corrected chi connectivity index (χ4v) is 1.76.